The van der Waals surface area contributed by atoms with Gasteiger partial charge in [0, 0.05) is 5.56 Å². The molecule has 13 heavy (non-hydrogen) atoms. The molecule has 2 N–H and O–H groups in total. The van der Waals surface area contributed by atoms with Crippen LogP contribution in [0.5, 0.6) is 0 Å². The lowest BCUT2D eigenvalue weighted by atomic mass is 10.1. The van der Waals surface area contributed by atoms with Crippen molar-refractivity contribution in [3.63, 3.8) is 0 Å². The maximum Gasteiger partial charge on any atom is 0.170 e. The summed E-state index contributed by atoms with van der Waals surface area (Å²) in [6.07, 6.45) is 1.03. The number of oxime groups is 1. The second-order valence-corrected chi connectivity index (χ2v) is 2.71. The number of hydrogen-bond acceptors (Lipinski definition) is 2. The molecule has 0 amide bonds. The van der Waals surface area contributed by atoms with Crippen LogP contribution in [0.15, 0.2) is 29.4 Å². The molecule has 70 valence electrons. The Hall–Kier alpha value is -1.51. The van der Waals surface area contributed by atoms with E-state index >= 15 is 0 Å². The third-order valence-electron chi connectivity index (χ3n) is 1.85. The Balaban J connectivity index is 2.85. The average Bonchev–Trinajstić information content (AvgIpc) is 2.18. The number of hydrogen-bond donors (Lipinski definition) is 1. The molecule has 0 bridgehead atoms. The van der Waals surface area contributed by atoms with E-state index in [0.29, 0.717) is 5.84 Å². The van der Waals surface area contributed by atoms with Crippen LogP contribution in [0.2, 0.25) is 0 Å². The van der Waals surface area contributed by atoms with Crippen molar-refractivity contribution >= 4 is 5.84 Å². The zero-order chi connectivity index (χ0) is 9.68. The Morgan fingerprint density at radius 3 is 2.46 bits per heavy atom. The summed E-state index contributed by atoms with van der Waals surface area (Å²) in [6, 6.07) is 7.95. The number of nitrogens with two attached hydrogens (primary N) is 1. The summed E-state index contributed by atoms with van der Waals surface area (Å²) < 4.78 is 0. The predicted octanol–water partition coefficient (Wildman–Crippen LogP) is 1.52. The van der Waals surface area contributed by atoms with Crippen LogP contribution in [0.1, 0.15) is 18.1 Å². The van der Waals surface area contributed by atoms with E-state index < -0.39 is 0 Å². The molecule has 0 aliphatic heterocycles. The molecule has 0 heterocycles. The van der Waals surface area contributed by atoms with Gasteiger partial charge in [0.25, 0.3) is 0 Å². The van der Waals surface area contributed by atoms with Crippen molar-refractivity contribution in [1.82, 2.24) is 0 Å². The highest BCUT2D eigenvalue weighted by Crippen LogP contribution is 2.04. The SMILES string of the molecule is CCc1ccc(/C(N)=N/OC)cc1. The summed E-state index contributed by atoms with van der Waals surface area (Å²) in [7, 11) is 1.48. The molecule has 0 unspecified atom stereocenters. The number of nitrogens with zero attached hydrogens (tertiary/aromatic N) is 1. The van der Waals surface area contributed by atoms with Gasteiger partial charge in [-0.1, -0.05) is 36.3 Å². The first kappa shape index (κ1) is 9.58. The summed E-state index contributed by atoms with van der Waals surface area (Å²) in [5.41, 5.74) is 7.80. The van der Waals surface area contributed by atoms with E-state index in [1.807, 2.05) is 24.3 Å². The quantitative estimate of drug-likeness (QED) is 0.433. The first-order chi connectivity index (χ1) is 6.27. The highest BCUT2D eigenvalue weighted by Gasteiger charge is 1.97. The lowest BCUT2D eigenvalue weighted by molar-refractivity contribution is 0.213. The smallest absolute Gasteiger partial charge is 0.170 e. The van der Waals surface area contributed by atoms with Gasteiger partial charge in [0.15, 0.2) is 5.84 Å². The highest BCUT2D eigenvalue weighted by atomic mass is 16.6. The van der Waals surface area contributed by atoms with Gasteiger partial charge in [-0.3, -0.25) is 0 Å². The number of aryl methyl sites for hydroxylation is 1. The molecule has 0 atom stereocenters. The van der Waals surface area contributed by atoms with Crippen LogP contribution in [0, 0.1) is 0 Å². The van der Waals surface area contributed by atoms with E-state index in [2.05, 4.69) is 16.9 Å². The van der Waals surface area contributed by atoms with Gasteiger partial charge in [0.05, 0.1) is 0 Å². The molecule has 3 nitrogen and oxygen atoms in total. The minimum atomic E-state index is 0.408. The summed E-state index contributed by atoms with van der Waals surface area (Å²) in [4.78, 5) is 4.58. The molecule has 1 rings (SSSR count). The zero-order valence-electron chi connectivity index (χ0n) is 7.95. The van der Waals surface area contributed by atoms with Crippen LogP contribution in [0.4, 0.5) is 0 Å². The lowest BCUT2D eigenvalue weighted by Gasteiger charge is -2.00. The van der Waals surface area contributed by atoms with Crippen molar-refractivity contribution < 1.29 is 4.84 Å². The highest BCUT2D eigenvalue weighted by molar-refractivity contribution is 5.97. The van der Waals surface area contributed by atoms with Crippen molar-refractivity contribution in [1.29, 1.82) is 0 Å². The zero-order valence-corrected chi connectivity index (χ0v) is 7.95. The third-order valence-corrected chi connectivity index (χ3v) is 1.85. The van der Waals surface area contributed by atoms with E-state index in [1.54, 1.807) is 0 Å². The third kappa shape index (κ3) is 2.47. The van der Waals surface area contributed by atoms with E-state index in [9.17, 15) is 0 Å². The summed E-state index contributed by atoms with van der Waals surface area (Å²) in [5, 5.41) is 3.64. The minimum absolute atomic E-state index is 0.408. The molecular formula is C10H14N2O. The number of rotatable bonds is 3. The summed E-state index contributed by atoms with van der Waals surface area (Å²) in [5.74, 6) is 0.408. The fourth-order valence-electron chi connectivity index (χ4n) is 1.06. The molecule has 0 aliphatic rings. The van der Waals surface area contributed by atoms with Crippen LogP contribution in [0.3, 0.4) is 0 Å². The van der Waals surface area contributed by atoms with E-state index in [1.165, 1.54) is 12.7 Å². The Morgan fingerprint density at radius 2 is 2.00 bits per heavy atom. The van der Waals surface area contributed by atoms with Gasteiger partial charge >= 0.3 is 0 Å². The van der Waals surface area contributed by atoms with Gasteiger partial charge in [-0.25, -0.2) is 0 Å². The Bertz CT molecular complexity index is 290. The topological polar surface area (TPSA) is 47.6 Å². The molecule has 1 aromatic carbocycles. The van der Waals surface area contributed by atoms with Gasteiger partial charge in [-0.05, 0) is 12.0 Å². The largest absolute Gasteiger partial charge is 0.397 e. The van der Waals surface area contributed by atoms with Crippen LogP contribution >= 0.6 is 0 Å². The van der Waals surface area contributed by atoms with Gasteiger partial charge in [0.1, 0.15) is 7.11 Å². The second-order valence-electron chi connectivity index (χ2n) is 2.71. The summed E-state index contributed by atoms with van der Waals surface area (Å²) in [6.45, 7) is 2.11. The standard InChI is InChI=1S/C10H14N2O/c1-3-8-4-6-9(7-5-8)10(11)12-13-2/h4-7H,3H2,1-2H3,(H2,11,12). The fourth-order valence-corrected chi connectivity index (χ4v) is 1.06. The van der Waals surface area contributed by atoms with Crippen molar-refractivity contribution in [3.8, 4) is 0 Å². The molecule has 1 aromatic rings. The Kier molecular flexibility index (Phi) is 3.31. The molecule has 0 aliphatic carbocycles. The number of amidine groups is 1. The van der Waals surface area contributed by atoms with E-state index in [0.717, 1.165) is 12.0 Å². The molecule has 0 radical (unpaired) electrons. The minimum Gasteiger partial charge on any atom is -0.397 e. The molecule has 0 saturated heterocycles. The number of benzene rings is 1. The van der Waals surface area contributed by atoms with Crippen molar-refractivity contribution in [2.24, 2.45) is 10.9 Å². The first-order valence-electron chi connectivity index (χ1n) is 4.24. The molecule has 0 saturated carbocycles. The van der Waals surface area contributed by atoms with Crippen molar-refractivity contribution in [3.05, 3.63) is 35.4 Å². The lowest BCUT2D eigenvalue weighted by Crippen LogP contribution is -2.13. The molecule has 0 fully saturated rings. The van der Waals surface area contributed by atoms with E-state index in [4.69, 9.17) is 5.73 Å². The molecular weight excluding hydrogens is 164 g/mol. The van der Waals surface area contributed by atoms with Crippen molar-refractivity contribution in [2.75, 3.05) is 7.11 Å². The maximum absolute atomic E-state index is 5.62. The van der Waals surface area contributed by atoms with Crippen LogP contribution in [0.25, 0.3) is 0 Å². The monoisotopic (exact) mass is 178 g/mol. The molecule has 3 heteroatoms. The van der Waals surface area contributed by atoms with Crippen molar-refractivity contribution in [2.45, 2.75) is 13.3 Å². The fraction of sp³-hybridized carbons (Fsp3) is 0.300. The predicted molar refractivity (Wildman–Crippen MR) is 53.6 cm³/mol. The molecule has 0 spiro atoms. The van der Waals surface area contributed by atoms with Crippen LogP contribution < -0.4 is 5.73 Å². The van der Waals surface area contributed by atoms with Gasteiger partial charge in [-0.2, -0.15) is 0 Å². The summed E-state index contributed by atoms with van der Waals surface area (Å²) >= 11 is 0. The van der Waals surface area contributed by atoms with Gasteiger partial charge in [-0.15, -0.1) is 0 Å². The normalized spacial score (nSPS) is 11.4. The maximum atomic E-state index is 5.62. The Labute approximate surface area is 78.2 Å². The Morgan fingerprint density at radius 1 is 1.38 bits per heavy atom. The van der Waals surface area contributed by atoms with Gasteiger partial charge < -0.3 is 10.6 Å². The average molecular weight is 178 g/mol. The van der Waals surface area contributed by atoms with Crippen LogP contribution in [-0.4, -0.2) is 12.9 Å². The molecule has 0 aromatic heterocycles. The van der Waals surface area contributed by atoms with Crippen LogP contribution in [-0.2, 0) is 11.3 Å². The van der Waals surface area contributed by atoms with E-state index in [-0.39, 0.29) is 0 Å². The first-order valence-corrected chi connectivity index (χ1v) is 4.24. The van der Waals surface area contributed by atoms with Gasteiger partial charge in [0.2, 0.25) is 0 Å². The second kappa shape index (κ2) is 4.50.